The summed E-state index contributed by atoms with van der Waals surface area (Å²) in [4.78, 5) is 0. The predicted octanol–water partition coefficient (Wildman–Crippen LogP) is 8.51. The Morgan fingerprint density at radius 2 is 1.68 bits per heavy atom. The summed E-state index contributed by atoms with van der Waals surface area (Å²) in [6, 6.07) is 13.4. The zero-order chi connectivity index (χ0) is 24.1. The molecule has 0 spiro atoms. The zero-order valence-electron chi connectivity index (χ0n) is 18.8. The molecule has 0 aliphatic heterocycles. The lowest BCUT2D eigenvalue weighted by Crippen LogP contribution is -2.13. The average Bonchev–Trinajstić information content (AvgIpc) is 2.84. The van der Waals surface area contributed by atoms with Crippen LogP contribution in [0.4, 0.5) is 17.6 Å². The molecule has 1 nitrogen and oxygen atoms in total. The molecule has 5 heteroatoms. The van der Waals surface area contributed by atoms with Gasteiger partial charge in [0.05, 0.1) is 0 Å². The minimum absolute atomic E-state index is 0.0162. The average molecular weight is 467 g/mol. The molecule has 3 aromatic rings. The summed E-state index contributed by atoms with van der Waals surface area (Å²) in [5.74, 6) is 4.55. The van der Waals surface area contributed by atoms with Gasteiger partial charge < -0.3 is 4.74 Å². The number of ether oxygens (including phenoxy) is 1. The Labute approximate surface area is 197 Å². The first-order chi connectivity index (χ1) is 16.4. The van der Waals surface area contributed by atoms with Crippen molar-refractivity contribution < 1.29 is 22.3 Å². The Morgan fingerprint density at radius 1 is 0.971 bits per heavy atom. The Bertz CT molecular complexity index is 1210. The summed E-state index contributed by atoms with van der Waals surface area (Å²) in [6.45, 7) is 0.495. The van der Waals surface area contributed by atoms with Gasteiger partial charge in [-0.25, -0.2) is 8.78 Å². The second-order valence-electron chi connectivity index (χ2n) is 8.75. The highest BCUT2D eigenvalue weighted by Gasteiger charge is 2.20. The first kappa shape index (κ1) is 23.9. The third-order valence-corrected chi connectivity index (χ3v) is 6.46. The molecule has 1 fully saturated rings. The van der Waals surface area contributed by atoms with Crippen LogP contribution in [0.1, 0.15) is 44.1 Å². The zero-order valence-corrected chi connectivity index (χ0v) is 18.8. The van der Waals surface area contributed by atoms with E-state index in [1.807, 2.05) is 30.3 Å². The molecule has 176 valence electrons. The Hall–Kier alpha value is -3.26. The van der Waals surface area contributed by atoms with Crippen LogP contribution in [-0.4, -0.2) is 6.61 Å². The fourth-order valence-electron chi connectivity index (χ4n) is 4.57. The Balaban J connectivity index is 1.46. The van der Waals surface area contributed by atoms with Crippen molar-refractivity contribution in [3.05, 3.63) is 78.4 Å². The van der Waals surface area contributed by atoms with Crippen LogP contribution >= 0.6 is 0 Å². The van der Waals surface area contributed by atoms with E-state index in [2.05, 4.69) is 23.2 Å². The van der Waals surface area contributed by atoms with Crippen molar-refractivity contribution in [1.82, 2.24) is 0 Å². The molecule has 0 atom stereocenters. The Kier molecular flexibility index (Phi) is 7.57. The number of halogens is 4. The number of rotatable bonds is 6. The maximum Gasteiger partial charge on any atom is 0.387 e. The summed E-state index contributed by atoms with van der Waals surface area (Å²) in [7, 11) is 0. The summed E-state index contributed by atoms with van der Waals surface area (Å²) in [6.07, 6.45) is 9.04. The van der Waals surface area contributed by atoms with E-state index in [0.717, 1.165) is 47.9 Å². The first-order valence-corrected chi connectivity index (χ1v) is 11.5. The van der Waals surface area contributed by atoms with Crippen LogP contribution in [0.2, 0.25) is 0 Å². The fraction of sp³-hybridized carbons (Fsp3) is 0.310. The molecule has 0 N–H and O–H groups in total. The van der Waals surface area contributed by atoms with Gasteiger partial charge in [-0.2, -0.15) is 8.78 Å². The van der Waals surface area contributed by atoms with Gasteiger partial charge in [-0.15, -0.1) is 6.58 Å². The molecule has 4 rings (SSSR count). The molecule has 0 aromatic heterocycles. The van der Waals surface area contributed by atoms with E-state index < -0.39 is 24.0 Å². The van der Waals surface area contributed by atoms with E-state index in [9.17, 15) is 17.6 Å². The first-order valence-electron chi connectivity index (χ1n) is 11.5. The summed E-state index contributed by atoms with van der Waals surface area (Å²) >= 11 is 0. The highest BCUT2D eigenvalue weighted by Crippen LogP contribution is 2.34. The molecule has 1 saturated carbocycles. The number of benzene rings is 3. The minimum atomic E-state index is -3.31. The van der Waals surface area contributed by atoms with Crippen LogP contribution in [-0.2, 0) is 0 Å². The molecule has 0 bridgehead atoms. The highest BCUT2D eigenvalue weighted by atomic mass is 19.3. The number of alkyl halides is 2. The Morgan fingerprint density at radius 3 is 2.35 bits per heavy atom. The molecule has 3 aromatic carbocycles. The molecule has 0 unspecified atom stereocenters. The summed E-state index contributed by atoms with van der Waals surface area (Å²) < 4.78 is 57.5. The molecule has 0 saturated heterocycles. The van der Waals surface area contributed by atoms with Crippen molar-refractivity contribution in [3.8, 4) is 28.7 Å². The molecule has 0 heterocycles. The number of hydrogen-bond acceptors (Lipinski definition) is 1. The monoisotopic (exact) mass is 466 g/mol. The molecule has 1 aliphatic rings. The second-order valence-corrected chi connectivity index (χ2v) is 8.75. The van der Waals surface area contributed by atoms with Crippen molar-refractivity contribution in [2.24, 2.45) is 11.8 Å². The van der Waals surface area contributed by atoms with Gasteiger partial charge in [0.25, 0.3) is 0 Å². The number of fused-ring (bicyclic) bond motifs is 1. The lowest BCUT2D eigenvalue weighted by atomic mass is 9.80. The lowest BCUT2D eigenvalue weighted by Gasteiger charge is -2.25. The van der Waals surface area contributed by atoms with Gasteiger partial charge in [-0.1, -0.05) is 42.2 Å². The van der Waals surface area contributed by atoms with Crippen LogP contribution in [0.25, 0.3) is 21.9 Å². The van der Waals surface area contributed by atoms with Gasteiger partial charge in [0.2, 0.25) is 0 Å². The van der Waals surface area contributed by atoms with Crippen molar-refractivity contribution in [3.63, 3.8) is 0 Å². The van der Waals surface area contributed by atoms with Crippen LogP contribution in [0.15, 0.2) is 61.2 Å². The van der Waals surface area contributed by atoms with E-state index in [-0.39, 0.29) is 10.8 Å². The third kappa shape index (κ3) is 5.62. The molecule has 1 aliphatic carbocycles. The van der Waals surface area contributed by atoms with Crippen LogP contribution in [0.5, 0.6) is 5.75 Å². The van der Waals surface area contributed by atoms with Gasteiger partial charge in [0, 0.05) is 16.9 Å². The van der Waals surface area contributed by atoms with E-state index in [0.29, 0.717) is 5.92 Å². The van der Waals surface area contributed by atoms with Crippen molar-refractivity contribution in [1.29, 1.82) is 0 Å². The number of allylic oxidation sites excluding steroid dienone is 1. The molecule has 0 amide bonds. The molecular formula is C29H26F4O. The topological polar surface area (TPSA) is 9.23 Å². The van der Waals surface area contributed by atoms with E-state index in [4.69, 9.17) is 0 Å². The lowest BCUT2D eigenvalue weighted by molar-refractivity contribution is -0.0544. The van der Waals surface area contributed by atoms with Crippen LogP contribution < -0.4 is 4.74 Å². The minimum Gasteiger partial charge on any atom is -0.429 e. The maximum atomic E-state index is 14.5. The van der Waals surface area contributed by atoms with E-state index >= 15 is 0 Å². The second kappa shape index (κ2) is 10.8. The summed E-state index contributed by atoms with van der Waals surface area (Å²) in [5.41, 5.74) is 2.54. The fourth-order valence-corrected chi connectivity index (χ4v) is 4.57. The molecule has 34 heavy (non-hydrogen) atoms. The SMILES string of the molecule is C=CCCC1CCC(C#Cc2ccc(-c3ccc4c(F)c(OC(F)F)c(F)cc4c3)cc2)CC1. The quantitative estimate of drug-likeness (QED) is 0.201. The van der Waals surface area contributed by atoms with Gasteiger partial charge in [0.15, 0.2) is 17.4 Å². The van der Waals surface area contributed by atoms with Crippen molar-refractivity contribution in [2.75, 3.05) is 0 Å². The smallest absolute Gasteiger partial charge is 0.387 e. The van der Waals surface area contributed by atoms with Gasteiger partial charge in [-0.05, 0) is 85.2 Å². The normalized spacial score (nSPS) is 17.9. The van der Waals surface area contributed by atoms with Crippen molar-refractivity contribution in [2.45, 2.75) is 45.1 Å². The summed E-state index contributed by atoms with van der Waals surface area (Å²) in [5, 5.41) is 0.282. The molecular weight excluding hydrogens is 440 g/mol. The van der Waals surface area contributed by atoms with Crippen LogP contribution in [0, 0.1) is 35.3 Å². The number of hydrogen-bond donors (Lipinski definition) is 0. The third-order valence-electron chi connectivity index (χ3n) is 6.46. The van der Waals surface area contributed by atoms with Gasteiger partial charge in [-0.3, -0.25) is 0 Å². The standard InChI is InChI=1S/C29H26F4O/c1-2-3-4-19-5-7-20(8-6-19)9-10-21-11-13-22(14-12-21)23-15-16-25-24(17-23)18-26(30)28(27(25)31)34-29(32)33/h2,11-20,29H,1,3-8H2. The van der Waals surface area contributed by atoms with Gasteiger partial charge in [0.1, 0.15) is 0 Å². The largest absolute Gasteiger partial charge is 0.429 e. The van der Waals surface area contributed by atoms with E-state index in [1.165, 1.54) is 25.3 Å². The van der Waals surface area contributed by atoms with Gasteiger partial charge >= 0.3 is 6.61 Å². The molecule has 0 radical (unpaired) electrons. The van der Waals surface area contributed by atoms with Crippen molar-refractivity contribution >= 4 is 10.8 Å². The van der Waals surface area contributed by atoms with E-state index in [1.54, 1.807) is 12.1 Å². The highest BCUT2D eigenvalue weighted by molar-refractivity contribution is 5.89. The predicted molar refractivity (Wildman–Crippen MR) is 128 cm³/mol. The maximum absolute atomic E-state index is 14.5. The van der Waals surface area contributed by atoms with Crippen LogP contribution in [0.3, 0.4) is 0 Å².